The van der Waals surface area contributed by atoms with E-state index in [9.17, 15) is 28.1 Å². The van der Waals surface area contributed by atoms with Crippen molar-refractivity contribution in [2.24, 2.45) is 5.84 Å². The van der Waals surface area contributed by atoms with Gasteiger partial charge in [0.05, 0.1) is 16.9 Å². The molecule has 0 spiro atoms. The number of hydrazine groups is 1. The number of nitro groups is 1. The molecule has 6 nitrogen and oxygen atoms in total. The van der Waals surface area contributed by atoms with Crippen LogP contribution in [0.25, 0.3) is 0 Å². The number of nitro benzene ring substituents is 1. The van der Waals surface area contributed by atoms with Gasteiger partial charge in [0.1, 0.15) is 0 Å². The van der Waals surface area contributed by atoms with Crippen LogP contribution in [-0.4, -0.2) is 10.8 Å². The number of carbonyl (C=O) groups is 1. The summed E-state index contributed by atoms with van der Waals surface area (Å²) in [6.07, 6.45) is -5.15. The van der Waals surface area contributed by atoms with E-state index in [2.05, 4.69) is 0 Å². The molecule has 0 atom stereocenters. The van der Waals surface area contributed by atoms with E-state index >= 15 is 0 Å². The van der Waals surface area contributed by atoms with E-state index in [1.54, 1.807) is 5.43 Å². The lowest BCUT2D eigenvalue weighted by molar-refractivity contribution is -0.385. The van der Waals surface area contributed by atoms with Gasteiger partial charge in [-0.3, -0.25) is 20.3 Å². The summed E-state index contributed by atoms with van der Waals surface area (Å²) < 4.78 is 37.1. The summed E-state index contributed by atoms with van der Waals surface area (Å²) in [4.78, 5) is 20.6. The van der Waals surface area contributed by atoms with Crippen LogP contribution in [0.15, 0.2) is 18.2 Å². The second-order valence-corrected chi connectivity index (χ2v) is 3.34. The highest BCUT2D eigenvalue weighted by Gasteiger charge is 2.33. The zero-order chi connectivity index (χ0) is 13.9. The molecule has 0 aliphatic rings. The Kier molecular flexibility index (Phi) is 3.86. The molecule has 18 heavy (non-hydrogen) atoms. The second-order valence-electron chi connectivity index (χ2n) is 3.34. The molecule has 0 aliphatic carbocycles. The number of carbonyl (C=O) groups excluding carboxylic acids is 1. The first-order valence-corrected chi connectivity index (χ1v) is 4.59. The molecule has 0 heterocycles. The zero-order valence-corrected chi connectivity index (χ0v) is 8.82. The van der Waals surface area contributed by atoms with E-state index in [-0.39, 0.29) is 5.56 Å². The van der Waals surface area contributed by atoms with Crippen molar-refractivity contribution >= 4 is 11.6 Å². The van der Waals surface area contributed by atoms with E-state index in [0.717, 1.165) is 6.07 Å². The minimum absolute atomic E-state index is 0.143. The highest BCUT2D eigenvalue weighted by atomic mass is 19.4. The average Bonchev–Trinajstić information content (AvgIpc) is 2.27. The third-order valence-corrected chi connectivity index (χ3v) is 2.12. The maximum atomic E-state index is 12.4. The molecular formula is C9H8F3N3O3. The Hall–Kier alpha value is -2.16. The van der Waals surface area contributed by atoms with Crippen LogP contribution in [0.2, 0.25) is 0 Å². The Morgan fingerprint density at radius 2 is 2.06 bits per heavy atom. The number of alkyl halides is 3. The van der Waals surface area contributed by atoms with Gasteiger partial charge in [-0.2, -0.15) is 13.2 Å². The number of nitrogens with two attached hydrogens (primary N) is 1. The molecule has 0 saturated heterocycles. The number of amides is 1. The van der Waals surface area contributed by atoms with Gasteiger partial charge in [0.15, 0.2) is 0 Å². The Balaban J connectivity index is 3.21. The first kappa shape index (κ1) is 13.9. The molecule has 0 bridgehead atoms. The predicted molar refractivity (Wildman–Crippen MR) is 54.1 cm³/mol. The highest BCUT2D eigenvalue weighted by molar-refractivity contribution is 5.79. The molecule has 0 radical (unpaired) electrons. The van der Waals surface area contributed by atoms with Crippen molar-refractivity contribution in [2.45, 2.75) is 12.6 Å². The van der Waals surface area contributed by atoms with Crippen LogP contribution in [0.5, 0.6) is 0 Å². The normalized spacial score (nSPS) is 11.1. The number of benzene rings is 1. The van der Waals surface area contributed by atoms with Gasteiger partial charge in [0, 0.05) is 11.6 Å². The number of halogens is 3. The van der Waals surface area contributed by atoms with Crippen molar-refractivity contribution < 1.29 is 22.9 Å². The molecule has 3 N–H and O–H groups in total. The van der Waals surface area contributed by atoms with Gasteiger partial charge in [-0.25, -0.2) is 5.84 Å². The fraction of sp³-hybridized carbons (Fsp3) is 0.222. The largest absolute Gasteiger partial charge is 0.416 e. The van der Waals surface area contributed by atoms with Crippen LogP contribution < -0.4 is 11.3 Å². The second kappa shape index (κ2) is 5.00. The van der Waals surface area contributed by atoms with Crippen LogP contribution in [0.3, 0.4) is 0 Å². The molecule has 0 fully saturated rings. The van der Waals surface area contributed by atoms with Gasteiger partial charge in [-0.15, -0.1) is 0 Å². The van der Waals surface area contributed by atoms with Crippen molar-refractivity contribution in [1.82, 2.24) is 5.43 Å². The fourth-order valence-electron chi connectivity index (χ4n) is 1.28. The lowest BCUT2D eigenvalue weighted by Gasteiger charge is -2.08. The lowest BCUT2D eigenvalue weighted by atomic mass is 10.1. The molecule has 0 saturated carbocycles. The predicted octanol–water partition coefficient (Wildman–Crippen LogP) is 1.15. The van der Waals surface area contributed by atoms with Crippen LogP contribution in [0.1, 0.15) is 11.1 Å². The highest BCUT2D eigenvalue weighted by Crippen LogP contribution is 2.33. The summed E-state index contributed by atoms with van der Waals surface area (Å²) in [6, 6.07) is 1.95. The Morgan fingerprint density at radius 1 is 1.44 bits per heavy atom. The van der Waals surface area contributed by atoms with E-state index in [1.807, 2.05) is 0 Å². The molecule has 98 valence electrons. The van der Waals surface area contributed by atoms with E-state index in [1.165, 1.54) is 0 Å². The summed E-state index contributed by atoms with van der Waals surface area (Å²) in [5.41, 5.74) is -0.319. The van der Waals surface area contributed by atoms with Crippen LogP contribution in [0, 0.1) is 10.1 Å². The van der Waals surface area contributed by atoms with Gasteiger partial charge in [0.2, 0.25) is 5.91 Å². The van der Waals surface area contributed by atoms with Crippen LogP contribution in [-0.2, 0) is 17.4 Å². The number of hydrogen-bond donors (Lipinski definition) is 2. The van der Waals surface area contributed by atoms with E-state index in [0.29, 0.717) is 12.1 Å². The first-order valence-electron chi connectivity index (χ1n) is 4.59. The average molecular weight is 263 g/mol. The van der Waals surface area contributed by atoms with Crippen molar-refractivity contribution in [2.75, 3.05) is 0 Å². The van der Waals surface area contributed by atoms with Crippen LogP contribution in [0.4, 0.5) is 18.9 Å². The van der Waals surface area contributed by atoms with E-state index in [4.69, 9.17) is 5.84 Å². The molecular weight excluding hydrogens is 255 g/mol. The lowest BCUT2D eigenvalue weighted by Crippen LogP contribution is -2.31. The molecule has 1 rings (SSSR count). The van der Waals surface area contributed by atoms with E-state index < -0.39 is 34.7 Å². The fourth-order valence-corrected chi connectivity index (χ4v) is 1.28. The Morgan fingerprint density at radius 3 is 2.50 bits per heavy atom. The molecule has 9 heteroatoms. The molecule has 0 aliphatic heterocycles. The van der Waals surface area contributed by atoms with Crippen molar-refractivity contribution in [1.29, 1.82) is 0 Å². The maximum Gasteiger partial charge on any atom is 0.416 e. The molecule has 1 aromatic rings. The smallest absolute Gasteiger partial charge is 0.294 e. The van der Waals surface area contributed by atoms with Crippen molar-refractivity contribution in [3.8, 4) is 0 Å². The molecule has 0 aromatic heterocycles. The third-order valence-electron chi connectivity index (χ3n) is 2.12. The standard InChI is InChI=1S/C9H8F3N3O3/c10-9(11,12)6-2-1-5(3-8(16)14-13)7(4-6)15(17)18/h1-2,4H,3,13H2,(H,14,16). The third kappa shape index (κ3) is 3.17. The molecule has 0 unspecified atom stereocenters. The minimum Gasteiger partial charge on any atom is -0.294 e. The first-order chi connectivity index (χ1) is 8.25. The zero-order valence-electron chi connectivity index (χ0n) is 8.82. The summed E-state index contributed by atoms with van der Waals surface area (Å²) in [5.74, 6) is 4.06. The summed E-state index contributed by atoms with van der Waals surface area (Å²) >= 11 is 0. The van der Waals surface area contributed by atoms with Crippen LogP contribution >= 0.6 is 0 Å². The quantitative estimate of drug-likeness (QED) is 0.370. The topological polar surface area (TPSA) is 98.3 Å². The summed E-state index contributed by atoms with van der Waals surface area (Å²) in [6.45, 7) is 0. The number of nitrogens with one attached hydrogen (secondary N) is 1. The summed E-state index contributed by atoms with van der Waals surface area (Å²) in [5, 5.41) is 10.6. The summed E-state index contributed by atoms with van der Waals surface area (Å²) in [7, 11) is 0. The van der Waals surface area contributed by atoms with Gasteiger partial charge in [-0.05, 0) is 6.07 Å². The van der Waals surface area contributed by atoms with Gasteiger partial charge < -0.3 is 0 Å². The number of nitrogens with zero attached hydrogens (tertiary/aromatic N) is 1. The SMILES string of the molecule is NNC(=O)Cc1ccc(C(F)(F)F)cc1[N+](=O)[O-]. The molecule has 1 amide bonds. The van der Waals surface area contributed by atoms with Crippen molar-refractivity contribution in [3.63, 3.8) is 0 Å². The number of rotatable bonds is 3. The Labute approximate surface area is 98.7 Å². The van der Waals surface area contributed by atoms with Gasteiger partial charge in [0.25, 0.3) is 5.69 Å². The maximum absolute atomic E-state index is 12.4. The van der Waals surface area contributed by atoms with Gasteiger partial charge in [-0.1, -0.05) is 6.07 Å². The number of hydrogen-bond acceptors (Lipinski definition) is 4. The monoisotopic (exact) mass is 263 g/mol. The van der Waals surface area contributed by atoms with Gasteiger partial charge >= 0.3 is 6.18 Å². The molecule has 1 aromatic carbocycles. The Bertz CT molecular complexity index is 488. The van der Waals surface area contributed by atoms with Crippen molar-refractivity contribution in [3.05, 3.63) is 39.4 Å². The minimum atomic E-state index is -4.68.